The fourth-order valence-electron chi connectivity index (χ4n) is 2.35. The molecule has 0 spiro atoms. The summed E-state index contributed by atoms with van der Waals surface area (Å²) in [4.78, 5) is 13.8. The molecule has 0 radical (unpaired) electrons. The lowest BCUT2D eigenvalue weighted by Gasteiger charge is -2.41. The van der Waals surface area contributed by atoms with Gasteiger partial charge in [0, 0.05) is 20.2 Å². The standard InChI is InChI=1S/C15H17ClN2O3/c1-4-21-15-11(9(2)19)5-13(16)12(6-17)14(15)18-7-10(8-18)20-3/h5,10H,4,7-8H2,1-3H3. The molecule has 112 valence electrons. The number of halogens is 1. The van der Waals surface area contributed by atoms with Gasteiger partial charge in [0.05, 0.1) is 34.5 Å². The van der Waals surface area contributed by atoms with Crippen LogP contribution in [0.4, 0.5) is 5.69 Å². The van der Waals surface area contributed by atoms with Gasteiger partial charge in [0.2, 0.25) is 0 Å². The molecule has 1 fully saturated rings. The number of Topliss-reactive ketones (excluding diaryl/α,β-unsaturated/α-hetero) is 1. The lowest BCUT2D eigenvalue weighted by Crippen LogP contribution is -2.52. The van der Waals surface area contributed by atoms with Crippen molar-refractivity contribution in [2.75, 3.05) is 31.7 Å². The minimum absolute atomic E-state index is 0.116. The van der Waals surface area contributed by atoms with Crippen LogP contribution >= 0.6 is 11.6 Å². The normalized spacial score (nSPS) is 14.5. The van der Waals surface area contributed by atoms with Crippen molar-refractivity contribution in [3.05, 3.63) is 22.2 Å². The zero-order valence-electron chi connectivity index (χ0n) is 12.3. The van der Waals surface area contributed by atoms with E-state index in [2.05, 4.69) is 6.07 Å². The van der Waals surface area contributed by atoms with Crippen molar-refractivity contribution in [3.63, 3.8) is 0 Å². The van der Waals surface area contributed by atoms with Gasteiger partial charge in [0.15, 0.2) is 11.5 Å². The summed E-state index contributed by atoms with van der Waals surface area (Å²) in [5.41, 5.74) is 1.32. The van der Waals surface area contributed by atoms with Crippen molar-refractivity contribution < 1.29 is 14.3 Å². The van der Waals surface area contributed by atoms with Gasteiger partial charge < -0.3 is 14.4 Å². The molecule has 0 aliphatic carbocycles. The first kappa shape index (κ1) is 15.6. The number of anilines is 1. The quantitative estimate of drug-likeness (QED) is 0.783. The van der Waals surface area contributed by atoms with Crippen LogP contribution in [0.3, 0.4) is 0 Å². The van der Waals surface area contributed by atoms with Crippen LogP contribution in [0.15, 0.2) is 6.07 Å². The van der Waals surface area contributed by atoms with Crippen molar-refractivity contribution in [2.45, 2.75) is 20.0 Å². The molecule has 0 amide bonds. The van der Waals surface area contributed by atoms with Gasteiger partial charge in [-0.2, -0.15) is 5.26 Å². The maximum atomic E-state index is 11.8. The Morgan fingerprint density at radius 3 is 2.71 bits per heavy atom. The zero-order valence-corrected chi connectivity index (χ0v) is 13.0. The Kier molecular flexibility index (Phi) is 4.71. The van der Waals surface area contributed by atoms with E-state index in [9.17, 15) is 10.1 Å². The van der Waals surface area contributed by atoms with Crippen molar-refractivity contribution in [1.29, 1.82) is 5.26 Å². The highest BCUT2D eigenvalue weighted by atomic mass is 35.5. The summed E-state index contributed by atoms with van der Waals surface area (Å²) in [6, 6.07) is 3.61. The Morgan fingerprint density at radius 2 is 2.24 bits per heavy atom. The Morgan fingerprint density at radius 1 is 1.57 bits per heavy atom. The number of methoxy groups -OCH3 is 1. The SMILES string of the molecule is CCOc1c(C(C)=O)cc(Cl)c(C#N)c1N1CC(OC)C1. The molecule has 0 N–H and O–H groups in total. The molecule has 6 heteroatoms. The number of hydrogen-bond acceptors (Lipinski definition) is 5. The molecule has 0 unspecified atom stereocenters. The monoisotopic (exact) mass is 308 g/mol. The third kappa shape index (κ3) is 2.82. The third-order valence-electron chi connectivity index (χ3n) is 3.48. The van der Waals surface area contributed by atoms with Crippen LogP contribution in [0.2, 0.25) is 5.02 Å². The minimum Gasteiger partial charge on any atom is -0.491 e. The summed E-state index contributed by atoms with van der Waals surface area (Å²) in [5, 5.41) is 9.65. The van der Waals surface area contributed by atoms with Crippen molar-refractivity contribution >= 4 is 23.1 Å². The van der Waals surface area contributed by atoms with Crippen LogP contribution in [0, 0.1) is 11.3 Å². The van der Waals surface area contributed by atoms with Crippen molar-refractivity contribution in [2.24, 2.45) is 0 Å². The first-order valence-corrected chi connectivity index (χ1v) is 7.09. The van der Waals surface area contributed by atoms with E-state index in [4.69, 9.17) is 21.1 Å². The van der Waals surface area contributed by atoms with Gasteiger partial charge in [0.25, 0.3) is 0 Å². The van der Waals surface area contributed by atoms with Crippen LogP contribution in [-0.2, 0) is 4.74 Å². The summed E-state index contributed by atoms with van der Waals surface area (Å²) in [7, 11) is 1.65. The molecule has 0 saturated carbocycles. The van der Waals surface area contributed by atoms with Gasteiger partial charge in [0.1, 0.15) is 6.07 Å². The number of carbonyl (C=O) groups is 1. The predicted octanol–water partition coefficient (Wildman–Crippen LogP) is 2.65. The average Bonchev–Trinajstić information content (AvgIpc) is 2.40. The van der Waals surface area contributed by atoms with E-state index in [0.717, 1.165) is 0 Å². The summed E-state index contributed by atoms with van der Waals surface area (Å²) in [6.45, 7) is 4.98. The van der Waals surface area contributed by atoms with Gasteiger partial charge in [-0.05, 0) is 19.9 Å². The zero-order chi connectivity index (χ0) is 15.6. The summed E-state index contributed by atoms with van der Waals surface area (Å²) < 4.78 is 10.9. The second-order valence-corrected chi connectivity index (χ2v) is 5.23. The average molecular weight is 309 g/mol. The molecule has 1 saturated heterocycles. The number of benzene rings is 1. The number of nitriles is 1. The Balaban J connectivity index is 2.58. The number of nitrogens with zero attached hydrogens (tertiary/aromatic N) is 2. The molecule has 2 rings (SSSR count). The second-order valence-electron chi connectivity index (χ2n) is 4.82. The number of ether oxygens (including phenoxy) is 2. The largest absolute Gasteiger partial charge is 0.491 e. The molecule has 21 heavy (non-hydrogen) atoms. The fraction of sp³-hybridized carbons (Fsp3) is 0.467. The molecule has 5 nitrogen and oxygen atoms in total. The van der Waals surface area contributed by atoms with Gasteiger partial charge in [-0.1, -0.05) is 11.6 Å². The second kappa shape index (κ2) is 6.33. The van der Waals surface area contributed by atoms with Crippen LogP contribution in [0.1, 0.15) is 29.8 Å². The molecular formula is C15H17ClN2O3. The van der Waals surface area contributed by atoms with Gasteiger partial charge >= 0.3 is 0 Å². The van der Waals surface area contributed by atoms with E-state index in [-0.39, 0.29) is 16.9 Å². The lowest BCUT2D eigenvalue weighted by molar-refractivity contribution is 0.0783. The van der Waals surface area contributed by atoms with Crippen molar-refractivity contribution in [3.8, 4) is 11.8 Å². The van der Waals surface area contributed by atoms with Crippen LogP contribution in [0.25, 0.3) is 0 Å². The fourth-order valence-corrected chi connectivity index (χ4v) is 2.59. The molecule has 0 atom stereocenters. The molecule has 0 aromatic heterocycles. The van der Waals surface area contributed by atoms with E-state index in [1.54, 1.807) is 7.11 Å². The summed E-state index contributed by atoms with van der Waals surface area (Å²) in [5.74, 6) is 0.287. The van der Waals surface area contributed by atoms with Gasteiger partial charge in [-0.3, -0.25) is 4.79 Å². The highest BCUT2D eigenvalue weighted by Gasteiger charge is 2.33. The number of ketones is 1. The Hall–Kier alpha value is -1.77. The van der Waals surface area contributed by atoms with E-state index in [0.29, 0.717) is 42.3 Å². The Bertz CT molecular complexity index is 604. The molecule has 1 aliphatic rings. The van der Waals surface area contributed by atoms with Crippen LogP contribution < -0.4 is 9.64 Å². The lowest BCUT2D eigenvalue weighted by atomic mass is 10.0. The maximum Gasteiger partial charge on any atom is 0.163 e. The number of carbonyl (C=O) groups excluding carboxylic acids is 1. The topological polar surface area (TPSA) is 62.6 Å². The maximum absolute atomic E-state index is 11.8. The van der Waals surface area contributed by atoms with Crippen LogP contribution in [0.5, 0.6) is 5.75 Å². The molecular weight excluding hydrogens is 292 g/mol. The number of rotatable bonds is 5. The smallest absolute Gasteiger partial charge is 0.163 e. The molecule has 1 aromatic carbocycles. The van der Waals surface area contributed by atoms with E-state index in [1.807, 2.05) is 11.8 Å². The van der Waals surface area contributed by atoms with E-state index >= 15 is 0 Å². The molecule has 1 aliphatic heterocycles. The first-order chi connectivity index (χ1) is 10.0. The predicted molar refractivity (Wildman–Crippen MR) is 80.4 cm³/mol. The van der Waals surface area contributed by atoms with Crippen molar-refractivity contribution in [1.82, 2.24) is 0 Å². The Labute approximate surface area is 129 Å². The molecule has 0 bridgehead atoms. The van der Waals surface area contributed by atoms with Crippen LogP contribution in [-0.4, -0.2) is 38.7 Å². The van der Waals surface area contributed by atoms with E-state index in [1.165, 1.54) is 13.0 Å². The molecule has 1 heterocycles. The van der Waals surface area contributed by atoms with Gasteiger partial charge in [-0.25, -0.2) is 0 Å². The van der Waals surface area contributed by atoms with Gasteiger partial charge in [-0.15, -0.1) is 0 Å². The third-order valence-corrected chi connectivity index (χ3v) is 3.78. The highest BCUT2D eigenvalue weighted by molar-refractivity contribution is 6.33. The highest BCUT2D eigenvalue weighted by Crippen LogP contribution is 2.42. The first-order valence-electron chi connectivity index (χ1n) is 6.71. The minimum atomic E-state index is -0.144. The summed E-state index contributed by atoms with van der Waals surface area (Å²) in [6.07, 6.45) is 0.116. The number of hydrogen-bond donors (Lipinski definition) is 0. The molecule has 1 aromatic rings. The summed E-state index contributed by atoms with van der Waals surface area (Å²) >= 11 is 6.16. The van der Waals surface area contributed by atoms with E-state index < -0.39 is 0 Å².